The molecule has 2 atom stereocenters. The van der Waals surface area contributed by atoms with Gasteiger partial charge in [0, 0.05) is 17.5 Å². The van der Waals surface area contributed by atoms with Crippen molar-refractivity contribution in [2.45, 2.75) is 65.5 Å². The van der Waals surface area contributed by atoms with E-state index in [2.05, 4.69) is 57.4 Å². The topological polar surface area (TPSA) is 21.3 Å². The molecular weight excluding hydrogens is 278 g/mol. The molecule has 0 aliphatic carbocycles. The second-order valence-electron chi connectivity index (χ2n) is 7.49. The van der Waals surface area contributed by atoms with E-state index in [4.69, 9.17) is 4.74 Å². The van der Waals surface area contributed by atoms with Gasteiger partial charge in [0.1, 0.15) is 0 Å². The first-order chi connectivity index (χ1) is 9.85. The van der Waals surface area contributed by atoms with Crippen LogP contribution in [-0.2, 0) is 4.74 Å². The van der Waals surface area contributed by atoms with Crippen molar-refractivity contribution in [2.75, 3.05) is 13.2 Å². The number of rotatable bonds is 6. The largest absolute Gasteiger partial charge is 0.376 e. The lowest BCUT2D eigenvalue weighted by Gasteiger charge is -2.48. The Morgan fingerprint density at radius 2 is 2.10 bits per heavy atom. The minimum absolute atomic E-state index is 0.0297. The van der Waals surface area contributed by atoms with Crippen molar-refractivity contribution in [2.24, 2.45) is 11.3 Å². The minimum atomic E-state index is 0.0297. The molecule has 1 aliphatic heterocycles. The summed E-state index contributed by atoms with van der Waals surface area (Å²) in [6, 6.07) is 4.81. The fourth-order valence-corrected chi connectivity index (χ4v) is 4.45. The molecule has 2 rings (SSSR count). The van der Waals surface area contributed by atoms with E-state index in [1.165, 1.54) is 24.1 Å². The van der Waals surface area contributed by atoms with Crippen LogP contribution in [-0.4, -0.2) is 18.8 Å². The van der Waals surface area contributed by atoms with E-state index in [9.17, 15) is 0 Å². The number of hydrogen-bond acceptors (Lipinski definition) is 3. The fraction of sp³-hybridized carbons (Fsp3) is 0.778. The maximum Gasteiger partial charge on any atom is 0.0631 e. The first-order valence-electron chi connectivity index (χ1n) is 8.25. The van der Waals surface area contributed by atoms with Crippen molar-refractivity contribution < 1.29 is 4.74 Å². The van der Waals surface area contributed by atoms with Crippen LogP contribution < -0.4 is 5.32 Å². The highest BCUT2D eigenvalue weighted by Gasteiger charge is 2.42. The Kier molecular flexibility index (Phi) is 5.50. The molecule has 1 aromatic rings. The van der Waals surface area contributed by atoms with Crippen molar-refractivity contribution in [3.8, 4) is 0 Å². The summed E-state index contributed by atoms with van der Waals surface area (Å²) >= 11 is 1.84. The van der Waals surface area contributed by atoms with Gasteiger partial charge in [0.25, 0.3) is 0 Å². The second-order valence-corrected chi connectivity index (χ2v) is 8.47. The zero-order valence-electron chi connectivity index (χ0n) is 14.2. The monoisotopic (exact) mass is 309 g/mol. The highest BCUT2D eigenvalue weighted by Crippen LogP contribution is 2.46. The van der Waals surface area contributed by atoms with Crippen LogP contribution in [0.4, 0.5) is 0 Å². The average molecular weight is 310 g/mol. The third-order valence-electron chi connectivity index (χ3n) is 5.14. The summed E-state index contributed by atoms with van der Waals surface area (Å²) in [6.07, 6.45) is 3.61. The molecule has 1 N–H and O–H groups in total. The summed E-state index contributed by atoms with van der Waals surface area (Å²) in [5.74, 6) is 0.708. The summed E-state index contributed by atoms with van der Waals surface area (Å²) in [5.41, 5.74) is 0.450. The molecular formula is C18H31NOS. The Hall–Kier alpha value is -0.380. The molecule has 2 heterocycles. The van der Waals surface area contributed by atoms with Crippen molar-refractivity contribution in [3.63, 3.8) is 0 Å². The third kappa shape index (κ3) is 4.30. The van der Waals surface area contributed by atoms with Gasteiger partial charge in [0.2, 0.25) is 0 Å². The van der Waals surface area contributed by atoms with E-state index < -0.39 is 0 Å². The molecule has 0 spiro atoms. The molecule has 0 bridgehead atoms. The maximum atomic E-state index is 5.94. The van der Waals surface area contributed by atoms with E-state index in [-0.39, 0.29) is 5.60 Å². The number of nitrogens with one attached hydrogen (secondary N) is 1. The molecule has 0 amide bonds. The first-order valence-corrected chi connectivity index (χ1v) is 9.13. The molecule has 0 saturated carbocycles. The first kappa shape index (κ1) is 17.0. The maximum absolute atomic E-state index is 5.94. The highest BCUT2D eigenvalue weighted by molar-refractivity contribution is 7.10. The van der Waals surface area contributed by atoms with Gasteiger partial charge in [-0.1, -0.05) is 19.9 Å². The molecule has 0 aromatic carbocycles. The van der Waals surface area contributed by atoms with Gasteiger partial charge in [0.05, 0.1) is 5.60 Å². The Morgan fingerprint density at radius 3 is 2.67 bits per heavy atom. The predicted molar refractivity (Wildman–Crippen MR) is 91.9 cm³/mol. The molecule has 1 aromatic heterocycles. The molecule has 120 valence electrons. The summed E-state index contributed by atoms with van der Waals surface area (Å²) in [5, 5.41) is 5.87. The van der Waals surface area contributed by atoms with E-state index in [1.54, 1.807) is 0 Å². The molecule has 2 nitrogen and oxygen atoms in total. The van der Waals surface area contributed by atoms with Crippen molar-refractivity contribution >= 4 is 11.3 Å². The lowest BCUT2D eigenvalue weighted by molar-refractivity contribution is -0.121. The molecule has 1 fully saturated rings. The minimum Gasteiger partial charge on any atom is -0.376 e. The van der Waals surface area contributed by atoms with Gasteiger partial charge >= 0.3 is 0 Å². The summed E-state index contributed by atoms with van der Waals surface area (Å²) < 4.78 is 5.94. The highest BCUT2D eigenvalue weighted by atomic mass is 32.1. The van der Waals surface area contributed by atoms with Gasteiger partial charge in [-0.05, 0) is 69.4 Å². The summed E-state index contributed by atoms with van der Waals surface area (Å²) in [4.78, 5) is 1.43. The SMILES string of the molecule is CC(C)[C@@]1(CCN[C@@H](C)c2cccs2)CCOC(C)(C)C1. The van der Waals surface area contributed by atoms with Gasteiger partial charge < -0.3 is 10.1 Å². The van der Waals surface area contributed by atoms with Crippen molar-refractivity contribution in [1.82, 2.24) is 5.32 Å². The van der Waals surface area contributed by atoms with Crippen LogP contribution in [0.15, 0.2) is 17.5 Å². The summed E-state index contributed by atoms with van der Waals surface area (Å²) in [7, 11) is 0. The van der Waals surface area contributed by atoms with E-state index in [0.29, 0.717) is 17.4 Å². The normalized spacial score (nSPS) is 27.0. The lowest BCUT2D eigenvalue weighted by Crippen LogP contribution is -2.45. The van der Waals surface area contributed by atoms with E-state index in [1.807, 2.05) is 11.3 Å². The van der Waals surface area contributed by atoms with Gasteiger partial charge in [0.15, 0.2) is 0 Å². The predicted octanol–water partition coefficient (Wildman–Crippen LogP) is 5.02. The Bertz CT molecular complexity index is 426. The van der Waals surface area contributed by atoms with Crippen LogP contribution >= 0.6 is 11.3 Å². The van der Waals surface area contributed by atoms with Crippen molar-refractivity contribution in [1.29, 1.82) is 0 Å². The third-order valence-corrected chi connectivity index (χ3v) is 6.19. The Labute approximate surface area is 134 Å². The van der Waals surface area contributed by atoms with Crippen LogP contribution in [0.2, 0.25) is 0 Å². The lowest BCUT2D eigenvalue weighted by atomic mass is 9.65. The van der Waals surface area contributed by atoms with Crippen LogP contribution in [0.5, 0.6) is 0 Å². The van der Waals surface area contributed by atoms with Crippen LogP contribution in [0.3, 0.4) is 0 Å². The van der Waals surface area contributed by atoms with Crippen molar-refractivity contribution in [3.05, 3.63) is 22.4 Å². The standard InChI is InChI=1S/C18H31NOS/c1-14(2)18(9-11-20-17(4,5)13-18)8-10-19-15(3)16-7-6-12-21-16/h6-7,12,14-15,19H,8-11,13H2,1-5H3/t15-,18-/m0/s1. The summed E-state index contributed by atoms with van der Waals surface area (Å²) in [6.45, 7) is 13.5. The Morgan fingerprint density at radius 1 is 1.33 bits per heavy atom. The van der Waals surface area contributed by atoms with Gasteiger partial charge in [-0.25, -0.2) is 0 Å². The van der Waals surface area contributed by atoms with Crippen LogP contribution in [0, 0.1) is 11.3 Å². The van der Waals surface area contributed by atoms with Gasteiger partial charge in [-0.2, -0.15) is 0 Å². The molecule has 3 heteroatoms. The number of hydrogen-bond donors (Lipinski definition) is 1. The zero-order chi connectivity index (χ0) is 15.5. The Balaban J connectivity index is 1.91. The second kappa shape index (κ2) is 6.80. The molecule has 0 radical (unpaired) electrons. The van der Waals surface area contributed by atoms with E-state index >= 15 is 0 Å². The van der Waals surface area contributed by atoms with E-state index in [0.717, 1.165) is 13.2 Å². The number of thiophene rings is 1. The van der Waals surface area contributed by atoms with Crippen LogP contribution in [0.1, 0.15) is 64.8 Å². The quantitative estimate of drug-likeness (QED) is 0.796. The van der Waals surface area contributed by atoms with Gasteiger partial charge in [-0.15, -0.1) is 11.3 Å². The number of ether oxygens (including phenoxy) is 1. The molecule has 1 aliphatic rings. The smallest absolute Gasteiger partial charge is 0.0631 e. The molecule has 1 saturated heterocycles. The molecule has 0 unspecified atom stereocenters. The fourth-order valence-electron chi connectivity index (χ4n) is 3.69. The van der Waals surface area contributed by atoms with Crippen LogP contribution in [0.25, 0.3) is 0 Å². The molecule has 21 heavy (non-hydrogen) atoms. The zero-order valence-corrected chi connectivity index (χ0v) is 15.1. The van der Waals surface area contributed by atoms with Gasteiger partial charge in [-0.3, -0.25) is 0 Å². The average Bonchev–Trinajstić information content (AvgIpc) is 2.91.